The molecular weight excluding hydrogens is 446 g/mol. The Labute approximate surface area is 197 Å². The zero-order valence-electron chi connectivity index (χ0n) is 18.5. The molecule has 33 heavy (non-hydrogen) atoms. The van der Waals surface area contributed by atoms with E-state index in [4.69, 9.17) is 25.8 Å². The number of nitrogens with zero attached hydrogens (tertiary/aromatic N) is 1. The van der Waals surface area contributed by atoms with Crippen LogP contribution in [0.5, 0.6) is 11.5 Å². The van der Waals surface area contributed by atoms with E-state index >= 15 is 0 Å². The van der Waals surface area contributed by atoms with Crippen LogP contribution in [0.2, 0.25) is 5.02 Å². The maximum atomic E-state index is 13.1. The first kappa shape index (κ1) is 23.1. The number of likely N-dealkylation sites (N-methyl/N-ethyl adjacent to an activating group) is 1. The van der Waals surface area contributed by atoms with Gasteiger partial charge in [-0.2, -0.15) is 0 Å². The monoisotopic (exact) mass is 471 g/mol. The van der Waals surface area contributed by atoms with E-state index < -0.39 is 24.0 Å². The first-order valence-corrected chi connectivity index (χ1v) is 11.4. The first-order valence-electron chi connectivity index (χ1n) is 11.0. The lowest BCUT2D eigenvalue weighted by Gasteiger charge is -2.43. The lowest BCUT2D eigenvalue weighted by Crippen LogP contribution is -2.55. The number of carbonyl (C=O) groups excluding carboxylic acids is 3. The Bertz CT molecular complexity index is 1070. The van der Waals surface area contributed by atoms with E-state index in [0.717, 1.165) is 12.8 Å². The third-order valence-electron chi connectivity index (χ3n) is 6.23. The number of ketones is 1. The molecule has 1 atom stereocenters. The molecule has 2 aliphatic rings. The van der Waals surface area contributed by atoms with E-state index in [1.165, 1.54) is 4.90 Å². The third kappa shape index (κ3) is 4.69. The van der Waals surface area contributed by atoms with E-state index in [9.17, 15) is 14.4 Å². The van der Waals surface area contributed by atoms with Crippen LogP contribution in [0.3, 0.4) is 0 Å². The standard InChI is InChI=1S/C25H26ClNO6/c1-27(25(11-5-4-8-22(25)28)18-6-2-3-7-19(18)26)23(29)16-33-24(30)15-17-9-10-20-21(14-17)32-13-12-31-20/h2-3,6-7,9-10,14H,4-5,8,11-13,15-16H2,1H3. The quantitative estimate of drug-likeness (QED) is 0.597. The normalized spacial score (nSPS) is 19.6. The Hall–Kier alpha value is -3.06. The Morgan fingerprint density at radius 3 is 2.61 bits per heavy atom. The molecule has 2 aromatic rings. The second-order valence-corrected chi connectivity index (χ2v) is 8.65. The molecule has 4 rings (SSSR count). The first-order chi connectivity index (χ1) is 15.9. The molecule has 8 heteroatoms. The van der Waals surface area contributed by atoms with E-state index in [1.54, 1.807) is 49.5 Å². The molecular formula is C25H26ClNO6. The maximum absolute atomic E-state index is 13.1. The highest BCUT2D eigenvalue weighted by Crippen LogP contribution is 2.42. The number of halogens is 1. The zero-order valence-corrected chi connectivity index (χ0v) is 19.2. The number of hydrogen-bond acceptors (Lipinski definition) is 6. The zero-order chi connectivity index (χ0) is 23.4. The smallest absolute Gasteiger partial charge is 0.310 e. The van der Waals surface area contributed by atoms with Crippen LogP contribution in [-0.4, -0.2) is 49.4 Å². The summed E-state index contributed by atoms with van der Waals surface area (Å²) < 4.78 is 16.3. The molecule has 1 amide bonds. The summed E-state index contributed by atoms with van der Waals surface area (Å²) in [7, 11) is 1.57. The van der Waals surface area contributed by atoms with Crippen molar-refractivity contribution < 1.29 is 28.6 Å². The van der Waals surface area contributed by atoms with Crippen LogP contribution < -0.4 is 9.47 Å². The van der Waals surface area contributed by atoms with Gasteiger partial charge in [-0.1, -0.05) is 35.9 Å². The number of rotatable bonds is 6. The molecule has 2 aromatic carbocycles. The molecule has 1 fully saturated rings. The number of esters is 1. The number of ether oxygens (including phenoxy) is 3. The van der Waals surface area contributed by atoms with Gasteiger partial charge in [-0.25, -0.2) is 0 Å². The van der Waals surface area contributed by atoms with Gasteiger partial charge in [0.05, 0.1) is 6.42 Å². The lowest BCUT2D eigenvalue weighted by molar-refractivity contribution is -0.157. The van der Waals surface area contributed by atoms with Gasteiger partial charge in [0.1, 0.15) is 18.8 Å². The van der Waals surface area contributed by atoms with E-state index in [2.05, 4.69) is 0 Å². The summed E-state index contributed by atoms with van der Waals surface area (Å²) in [4.78, 5) is 40.0. The average molecular weight is 472 g/mol. The number of fused-ring (bicyclic) bond motifs is 1. The minimum absolute atomic E-state index is 0.0117. The highest BCUT2D eigenvalue weighted by atomic mass is 35.5. The van der Waals surface area contributed by atoms with Gasteiger partial charge in [0.25, 0.3) is 5.91 Å². The molecule has 1 saturated carbocycles. The highest BCUT2D eigenvalue weighted by molar-refractivity contribution is 6.31. The summed E-state index contributed by atoms with van der Waals surface area (Å²) in [6, 6.07) is 12.3. The predicted octanol–water partition coefficient (Wildman–Crippen LogP) is 3.69. The number of amides is 1. The van der Waals surface area contributed by atoms with Crippen LogP contribution in [0.15, 0.2) is 42.5 Å². The topological polar surface area (TPSA) is 82.1 Å². The maximum Gasteiger partial charge on any atom is 0.310 e. The van der Waals surface area contributed by atoms with Crippen molar-refractivity contribution in [3.05, 3.63) is 58.6 Å². The summed E-state index contributed by atoms with van der Waals surface area (Å²) in [6.45, 7) is 0.481. The summed E-state index contributed by atoms with van der Waals surface area (Å²) in [5.41, 5.74) is 0.144. The molecule has 0 saturated heterocycles. The molecule has 0 spiro atoms. The molecule has 0 aromatic heterocycles. The fourth-order valence-electron chi connectivity index (χ4n) is 4.50. The largest absolute Gasteiger partial charge is 0.486 e. The molecule has 1 aliphatic carbocycles. The number of carbonyl (C=O) groups is 3. The molecule has 1 heterocycles. The van der Waals surface area contributed by atoms with Crippen LogP contribution >= 0.6 is 11.6 Å². The summed E-state index contributed by atoms with van der Waals surface area (Å²) in [5, 5.41) is 0.433. The van der Waals surface area contributed by atoms with Gasteiger partial charge in [-0.15, -0.1) is 0 Å². The van der Waals surface area contributed by atoms with Crippen LogP contribution in [0.25, 0.3) is 0 Å². The second-order valence-electron chi connectivity index (χ2n) is 8.24. The van der Waals surface area contributed by atoms with Crippen molar-refractivity contribution in [1.29, 1.82) is 0 Å². The second kappa shape index (κ2) is 9.83. The molecule has 7 nitrogen and oxygen atoms in total. The Balaban J connectivity index is 1.44. The SMILES string of the molecule is CN(C(=O)COC(=O)Cc1ccc2c(c1)OCCO2)C1(c2ccccc2Cl)CCCCC1=O. The average Bonchev–Trinajstić information content (AvgIpc) is 2.83. The van der Waals surface area contributed by atoms with Gasteiger partial charge in [-0.05, 0) is 43.0 Å². The van der Waals surface area contributed by atoms with Crippen molar-refractivity contribution in [3.63, 3.8) is 0 Å². The highest BCUT2D eigenvalue weighted by Gasteiger charge is 2.48. The van der Waals surface area contributed by atoms with Crippen molar-refractivity contribution in [1.82, 2.24) is 4.90 Å². The molecule has 1 aliphatic heterocycles. The fraction of sp³-hybridized carbons (Fsp3) is 0.400. The molecule has 174 valence electrons. The summed E-state index contributed by atoms with van der Waals surface area (Å²) in [5.74, 6) is 0.160. The molecule has 0 N–H and O–H groups in total. The van der Waals surface area contributed by atoms with Gasteiger partial charge in [0.2, 0.25) is 0 Å². The molecule has 0 bridgehead atoms. The predicted molar refractivity (Wildman–Crippen MR) is 121 cm³/mol. The Morgan fingerprint density at radius 2 is 1.85 bits per heavy atom. The number of benzene rings is 2. The fourth-order valence-corrected chi connectivity index (χ4v) is 4.79. The minimum Gasteiger partial charge on any atom is -0.486 e. The van der Waals surface area contributed by atoms with Gasteiger partial charge in [-0.3, -0.25) is 14.4 Å². The summed E-state index contributed by atoms with van der Waals surface area (Å²) in [6.07, 6.45) is 2.40. The van der Waals surface area contributed by atoms with Gasteiger partial charge < -0.3 is 19.1 Å². The van der Waals surface area contributed by atoms with E-state index in [0.29, 0.717) is 53.7 Å². The van der Waals surface area contributed by atoms with Crippen molar-refractivity contribution in [3.8, 4) is 11.5 Å². The third-order valence-corrected chi connectivity index (χ3v) is 6.56. The van der Waals surface area contributed by atoms with Gasteiger partial charge >= 0.3 is 5.97 Å². The van der Waals surface area contributed by atoms with Crippen molar-refractivity contribution in [2.75, 3.05) is 26.9 Å². The van der Waals surface area contributed by atoms with Gasteiger partial charge in [0, 0.05) is 24.1 Å². The van der Waals surface area contributed by atoms with Crippen LogP contribution in [0, 0.1) is 0 Å². The molecule has 1 unspecified atom stereocenters. The van der Waals surface area contributed by atoms with E-state index in [-0.39, 0.29) is 12.2 Å². The summed E-state index contributed by atoms with van der Waals surface area (Å²) >= 11 is 6.43. The van der Waals surface area contributed by atoms with Crippen LogP contribution in [0.1, 0.15) is 36.8 Å². The van der Waals surface area contributed by atoms with Crippen LogP contribution in [-0.2, 0) is 31.1 Å². The molecule has 0 radical (unpaired) electrons. The van der Waals surface area contributed by atoms with Gasteiger partial charge in [0.15, 0.2) is 23.9 Å². The minimum atomic E-state index is -1.16. The van der Waals surface area contributed by atoms with Crippen LogP contribution in [0.4, 0.5) is 0 Å². The Morgan fingerprint density at radius 1 is 1.09 bits per heavy atom. The number of Topliss-reactive ketones (excluding diaryl/α,β-unsaturated/α-hetero) is 1. The number of hydrogen-bond donors (Lipinski definition) is 0. The van der Waals surface area contributed by atoms with Crippen molar-refractivity contribution in [2.45, 2.75) is 37.6 Å². The van der Waals surface area contributed by atoms with Crippen molar-refractivity contribution in [2.24, 2.45) is 0 Å². The Kier molecular flexibility index (Phi) is 6.88. The van der Waals surface area contributed by atoms with Crippen molar-refractivity contribution >= 4 is 29.3 Å². The lowest BCUT2D eigenvalue weighted by atomic mass is 9.74. The van der Waals surface area contributed by atoms with E-state index in [1.807, 2.05) is 0 Å².